The van der Waals surface area contributed by atoms with Crippen LogP contribution in [0.2, 0.25) is 0 Å². The van der Waals surface area contributed by atoms with Crippen LogP contribution >= 0.6 is 0 Å². The Hall–Kier alpha value is -1.42. The average molecular weight is 209 g/mol. The standard InChI is InChI=1S/C11H15NO3/c1-3-9-4-5-10(12(14)15)6-11(9)8(2)7-13/h4-6,8,13H,3,7H2,1-2H3. The summed E-state index contributed by atoms with van der Waals surface area (Å²) in [5.41, 5.74) is 2.01. The third-order valence-electron chi connectivity index (χ3n) is 2.53. The molecule has 0 bridgehead atoms. The lowest BCUT2D eigenvalue weighted by molar-refractivity contribution is -0.384. The lowest BCUT2D eigenvalue weighted by Gasteiger charge is -2.12. The molecular weight excluding hydrogens is 194 g/mol. The van der Waals surface area contributed by atoms with Crippen LogP contribution in [0, 0.1) is 10.1 Å². The fourth-order valence-corrected chi connectivity index (χ4v) is 1.57. The van der Waals surface area contributed by atoms with Gasteiger partial charge in [-0.2, -0.15) is 0 Å². The van der Waals surface area contributed by atoms with Crippen LogP contribution in [0.4, 0.5) is 5.69 Å². The number of aliphatic hydroxyl groups is 1. The van der Waals surface area contributed by atoms with Crippen LogP contribution in [-0.4, -0.2) is 16.6 Å². The van der Waals surface area contributed by atoms with Gasteiger partial charge in [-0.3, -0.25) is 10.1 Å². The molecule has 0 aliphatic carbocycles. The molecule has 0 radical (unpaired) electrons. The third kappa shape index (κ3) is 2.53. The zero-order chi connectivity index (χ0) is 11.4. The van der Waals surface area contributed by atoms with Gasteiger partial charge in [0.05, 0.1) is 4.92 Å². The van der Waals surface area contributed by atoms with Gasteiger partial charge in [0.1, 0.15) is 0 Å². The van der Waals surface area contributed by atoms with E-state index in [0.717, 1.165) is 17.5 Å². The minimum absolute atomic E-state index is 0.00810. The number of aliphatic hydroxyl groups excluding tert-OH is 1. The second-order valence-corrected chi connectivity index (χ2v) is 3.58. The van der Waals surface area contributed by atoms with Crippen LogP contribution in [0.1, 0.15) is 30.9 Å². The molecule has 4 heteroatoms. The molecule has 0 saturated carbocycles. The van der Waals surface area contributed by atoms with Gasteiger partial charge in [-0.1, -0.05) is 19.9 Å². The summed E-state index contributed by atoms with van der Waals surface area (Å²) >= 11 is 0. The van der Waals surface area contributed by atoms with Crippen LogP contribution in [0.5, 0.6) is 0 Å². The van der Waals surface area contributed by atoms with Gasteiger partial charge in [0.2, 0.25) is 0 Å². The zero-order valence-corrected chi connectivity index (χ0v) is 8.93. The number of hydrogen-bond donors (Lipinski definition) is 1. The normalized spacial score (nSPS) is 12.5. The van der Waals surface area contributed by atoms with Crippen LogP contribution in [0.15, 0.2) is 18.2 Å². The van der Waals surface area contributed by atoms with Gasteiger partial charge in [0.25, 0.3) is 5.69 Å². The Morgan fingerprint density at radius 1 is 1.53 bits per heavy atom. The van der Waals surface area contributed by atoms with Crippen LogP contribution < -0.4 is 0 Å². The van der Waals surface area contributed by atoms with E-state index in [-0.39, 0.29) is 18.2 Å². The van der Waals surface area contributed by atoms with Gasteiger partial charge in [-0.05, 0) is 17.5 Å². The van der Waals surface area contributed by atoms with Crippen molar-refractivity contribution in [2.75, 3.05) is 6.61 Å². The molecule has 1 atom stereocenters. The van der Waals surface area contributed by atoms with Gasteiger partial charge in [-0.25, -0.2) is 0 Å². The van der Waals surface area contributed by atoms with E-state index >= 15 is 0 Å². The summed E-state index contributed by atoms with van der Waals surface area (Å²) in [6, 6.07) is 4.83. The van der Waals surface area contributed by atoms with Gasteiger partial charge in [0, 0.05) is 24.7 Å². The minimum atomic E-state index is -0.410. The highest BCUT2D eigenvalue weighted by atomic mass is 16.6. The fourth-order valence-electron chi connectivity index (χ4n) is 1.57. The lowest BCUT2D eigenvalue weighted by atomic mass is 9.94. The number of rotatable bonds is 4. The summed E-state index contributed by atoms with van der Waals surface area (Å²) in [6.07, 6.45) is 0.817. The van der Waals surface area contributed by atoms with Crippen molar-refractivity contribution >= 4 is 5.69 Å². The highest BCUT2D eigenvalue weighted by molar-refractivity contribution is 5.41. The molecule has 0 aliphatic heterocycles. The maximum absolute atomic E-state index is 10.6. The Morgan fingerprint density at radius 3 is 2.67 bits per heavy atom. The Morgan fingerprint density at radius 2 is 2.20 bits per heavy atom. The van der Waals surface area contributed by atoms with E-state index < -0.39 is 4.92 Å². The minimum Gasteiger partial charge on any atom is -0.396 e. The molecule has 0 aliphatic rings. The van der Waals surface area contributed by atoms with Crippen LogP contribution in [0.25, 0.3) is 0 Å². The van der Waals surface area contributed by atoms with E-state index in [1.165, 1.54) is 6.07 Å². The molecule has 0 aromatic heterocycles. The van der Waals surface area contributed by atoms with Gasteiger partial charge >= 0.3 is 0 Å². The predicted octanol–water partition coefficient (Wildman–Crippen LogP) is 2.25. The Labute approximate surface area is 88.7 Å². The molecule has 0 heterocycles. The van der Waals surface area contributed by atoms with E-state index in [2.05, 4.69) is 0 Å². The monoisotopic (exact) mass is 209 g/mol. The molecule has 4 nitrogen and oxygen atoms in total. The molecule has 82 valence electrons. The van der Waals surface area contributed by atoms with E-state index in [0.29, 0.717) is 0 Å². The first-order chi connectivity index (χ1) is 7.10. The van der Waals surface area contributed by atoms with Gasteiger partial charge in [-0.15, -0.1) is 0 Å². The molecule has 0 spiro atoms. The number of aryl methyl sites for hydroxylation is 1. The second-order valence-electron chi connectivity index (χ2n) is 3.58. The summed E-state index contributed by atoms with van der Waals surface area (Å²) in [5, 5.41) is 19.7. The highest BCUT2D eigenvalue weighted by Crippen LogP contribution is 2.25. The molecule has 1 N–H and O–H groups in total. The molecular formula is C11H15NO3. The van der Waals surface area contributed by atoms with E-state index in [9.17, 15) is 10.1 Å². The van der Waals surface area contributed by atoms with Crippen molar-refractivity contribution in [1.29, 1.82) is 0 Å². The smallest absolute Gasteiger partial charge is 0.269 e. The molecule has 1 aromatic carbocycles. The number of hydrogen-bond acceptors (Lipinski definition) is 3. The van der Waals surface area contributed by atoms with Crippen molar-refractivity contribution in [1.82, 2.24) is 0 Å². The van der Waals surface area contributed by atoms with Gasteiger partial charge < -0.3 is 5.11 Å². The van der Waals surface area contributed by atoms with E-state index in [1.54, 1.807) is 12.1 Å². The molecule has 0 fully saturated rings. The summed E-state index contributed by atoms with van der Waals surface area (Å²) in [6.45, 7) is 3.86. The SMILES string of the molecule is CCc1ccc([N+](=O)[O-])cc1C(C)CO. The summed E-state index contributed by atoms with van der Waals surface area (Å²) in [7, 11) is 0. The van der Waals surface area contributed by atoms with Crippen molar-refractivity contribution in [3.63, 3.8) is 0 Å². The summed E-state index contributed by atoms with van der Waals surface area (Å²) < 4.78 is 0. The fraction of sp³-hybridized carbons (Fsp3) is 0.455. The molecule has 0 amide bonds. The number of benzene rings is 1. The topological polar surface area (TPSA) is 63.4 Å². The van der Waals surface area contributed by atoms with Crippen molar-refractivity contribution in [2.24, 2.45) is 0 Å². The summed E-state index contributed by atoms with van der Waals surface area (Å²) in [4.78, 5) is 10.2. The van der Waals surface area contributed by atoms with E-state index in [4.69, 9.17) is 5.11 Å². The molecule has 1 unspecified atom stereocenters. The highest BCUT2D eigenvalue weighted by Gasteiger charge is 2.14. The van der Waals surface area contributed by atoms with Gasteiger partial charge in [0.15, 0.2) is 0 Å². The first kappa shape index (κ1) is 11.7. The van der Waals surface area contributed by atoms with Crippen LogP contribution in [0.3, 0.4) is 0 Å². The quantitative estimate of drug-likeness (QED) is 0.611. The number of nitro benzene ring substituents is 1. The van der Waals surface area contributed by atoms with Crippen molar-refractivity contribution < 1.29 is 10.0 Å². The largest absolute Gasteiger partial charge is 0.396 e. The molecule has 0 saturated heterocycles. The van der Waals surface area contributed by atoms with Crippen molar-refractivity contribution in [3.8, 4) is 0 Å². The maximum atomic E-state index is 10.6. The Bertz CT molecular complexity index is 363. The third-order valence-corrected chi connectivity index (χ3v) is 2.53. The zero-order valence-electron chi connectivity index (χ0n) is 8.93. The number of nitrogens with zero attached hydrogens (tertiary/aromatic N) is 1. The van der Waals surface area contributed by atoms with E-state index in [1.807, 2.05) is 13.8 Å². The first-order valence-electron chi connectivity index (χ1n) is 4.98. The molecule has 1 rings (SSSR count). The second kappa shape index (κ2) is 4.89. The van der Waals surface area contributed by atoms with Crippen molar-refractivity contribution in [2.45, 2.75) is 26.2 Å². The lowest BCUT2D eigenvalue weighted by Crippen LogP contribution is -2.04. The Kier molecular flexibility index (Phi) is 3.80. The number of nitro groups is 1. The molecule has 15 heavy (non-hydrogen) atoms. The molecule has 1 aromatic rings. The predicted molar refractivity (Wildman–Crippen MR) is 58.0 cm³/mol. The maximum Gasteiger partial charge on any atom is 0.269 e. The summed E-state index contributed by atoms with van der Waals surface area (Å²) in [5.74, 6) is -0.0557. The Balaban J connectivity index is 3.18. The van der Waals surface area contributed by atoms with Crippen molar-refractivity contribution in [3.05, 3.63) is 39.4 Å². The average Bonchev–Trinajstić information content (AvgIpc) is 2.27. The first-order valence-corrected chi connectivity index (χ1v) is 4.98. The van der Waals surface area contributed by atoms with Crippen LogP contribution in [-0.2, 0) is 6.42 Å². The number of non-ortho nitro benzene ring substituents is 1.